The van der Waals surface area contributed by atoms with Crippen LogP contribution in [0.5, 0.6) is 0 Å². The quantitative estimate of drug-likeness (QED) is 0.793. The van der Waals surface area contributed by atoms with Gasteiger partial charge in [-0.25, -0.2) is 18.0 Å². The van der Waals surface area contributed by atoms with Crippen molar-refractivity contribution in [3.63, 3.8) is 0 Å². The fraction of sp³-hybridized carbons (Fsp3) is 0.133. The average molecular weight is 345 g/mol. The van der Waals surface area contributed by atoms with Crippen molar-refractivity contribution in [2.45, 2.75) is 6.10 Å². The van der Waals surface area contributed by atoms with Crippen molar-refractivity contribution in [1.82, 2.24) is 5.32 Å². The summed E-state index contributed by atoms with van der Waals surface area (Å²) in [4.78, 5) is 11.7. The van der Waals surface area contributed by atoms with Gasteiger partial charge in [0.25, 0.3) is 0 Å². The number of aliphatic hydroxyl groups excluding tert-OH is 1. The summed E-state index contributed by atoms with van der Waals surface area (Å²) in [6.07, 6.45) is -1.07. The molecule has 8 heteroatoms. The summed E-state index contributed by atoms with van der Waals surface area (Å²) in [5.74, 6) is -2.34. The van der Waals surface area contributed by atoms with Gasteiger partial charge in [-0.15, -0.1) is 0 Å². The first kappa shape index (κ1) is 17.1. The smallest absolute Gasteiger partial charge is 0.319 e. The number of anilines is 1. The van der Waals surface area contributed by atoms with Crippen molar-refractivity contribution in [2.75, 3.05) is 11.9 Å². The number of urea groups is 1. The van der Waals surface area contributed by atoms with Crippen LogP contribution in [0.15, 0.2) is 36.4 Å². The molecule has 0 aliphatic carbocycles. The van der Waals surface area contributed by atoms with Gasteiger partial charge in [-0.2, -0.15) is 0 Å². The van der Waals surface area contributed by atoms with Crippen LogP contribution in [-0.4, -0.2) is 17.7 Å². The van der Waals surface area contributed by atoms with E-state index in [4.69, 9.17) is 11.6 Å². The van der Waals surface area contributed by atoms with Crippen LogP contribution in [0.25, 0.3) is 0 Å². The number of rotatable bonds is 4. The minimum atomic E-state index is -1.07. The molecule has 1 atom stereocenters. The SMILES string of the molecule is O=C(NCC(O)c1ccc(F)cc1)Nc1c(F)cc(F)cc1Cl. The fourth-order valence-electron chi connectivity index (χ4n) is 1.81. The largest absolute Gasteiger partial charge is 0.387 e. The lowest BCUT2D eigenvalue weighted by Gasteiger charge is -2.14. The minimum Gasteiger partial charge on any atom is -0.387 e. The van der Waals surface area contributed by atoms with E-state index in [1.165, 1.54) is 24.3 Å². The third-order valence-corrected chi connectivity index (χ3v) is 3.25. The van der Waals surface area contributed by atoms with Crippen LogP contribution in [-0.2, 0) is 0 Å². The molecule has 0 radical (unpaired) electrons. The Morgan fingerprint density at radius 1 is 1.13 bits per heavy atom. The topological polar surface area (TPSA) is 61.4 Å². The normalized spacial score (nSPS) is 11.9. The van der Waals surface area contributed by atoms with Crippen molar-refractivity contribution >= 4 is 23.3 Å². The van der Waals surface area contributed by atoms with Gasteiger partial charge >= 0.3 is 6.03 Å². The molecule has 2 aromatic rings. The molecule has 0 aliphatic rings. The zero-order chi connectivity index (χ0) is 17.0. The lowest BCUT2D eigenvalue weighted by molar-refractivity contribution is 0.175. The van der Waals surface area contributed by atoms with E-state index in [9.17, 15) is 23.1 Å². The summed E-state index contributed by atoms with van der Waals surface area (Å²) in [7, 11) is 0. The molecule has 4 nitrogen and oxygen atoms in total. The third kappa shape index (κ3) is 4.61. The van der Waals surface area contributed by atoms with Gasteiger partial charge in [-0.3, -0.25) is 0 Å². The number of amides is 2. The lowest BCUT2D eigenvalue weighted by Crippen LogP contribution is -2.32. The van der Waals surface area contributed by atoms with E-state index in [0.717, 1.165) is 6.07 Å². The molecular formula is C15H12ClF3N2O2. The highest BCUT2D eigenvalue weighted by Gasteiger charge is 2.14. The number of hydrogen-bond donors (Lipinski definition) is 3. The van der Waals surface area contributed by atoms with Crippen LogP contribution in [0.2, 0.25) is 5.02 Å². The van der Waals surface area contributed by atoms with Crippen LogP contribution in [0.1, 0.15) is 11.7 Å². The summed E-state index contributed by atoms with van der Waals surface area (Å²) in [5, 5.41) is 14.0. The third-order valence-electron chi connectivity index (χ3n) is 2.96. The fourth-order valence-corrected chi connectivity index (χ4v) is 2.05. The van der Waals surface area contributed by atoms with Gasteiger partial charge in [-0.05, 0) is 23.8 Å². The number of benzene rings is 2. The van der Waals surface area contributed by atoms with Crippen LogP contribution >= 0.6 is 11.6 Å². The van der Waals surface area contributed by atoms with Crippen molar-refractivity contribution in [3.8, 4) is 0 Å². The van der Waals surface area contributed by atoms with Crippen LogP contribution in [0.4, 0.5) is 23.7 Å². The Labute approximate surface area is 134 Å². The molecule has 2 amide bonds. The van der Waals surface area contributed by atoms with Crippen molar-refractivity contribution in [1.29, 1.82) is 0 Å². The molecule has 122 valence electrons. The van der Waals surface area contributed by atoms with Gasteiger partial charge in [0, 0.05) is 12.6 Å². The highest BCUT2D eigenvalue weighted by molar-refractivity contribution is 6.33. The summed E-state index contributed by atoms with van der Waals surface area (Å²) in [6, 6.07) is 5.69. The summed E-state index contributed by atoms with van der Waals surface area (Å²) in [6.45, 7) is -0.197. The van der Waals surface area contributed by atoms with E-state index in [-0.39, 0.29) is 17.3 Å². The molecule has 0 aromatic heterocycles. The molecule has 0 aliphatic heterocycles. The number of halogens is 4. The minimum absolute atomic E-state index is 0.197. The number of carbonyl (C=O) groups is 1. The molecule has 1 unspecified atom stereocenters. The van der Waals surface area contributed by atoms with Gasteiger partial charge in [-0.1, -0.05) is 23.7 Å². The summed E-state index contributed by atoms with van der Waals surface area (Å²) in [5.41, 5.74) is 0.0273. The average Bonchev–Trinajstić information content (AvgIpc) is 2.49. The highest BCUT2D eigenvalue weighted by Crippen LogP contribution is 2.26. The second kappa shape index (κ2) is 7.34. The first-order valence-electron chi connectivity index (χ1n) is 6.49. The number of nitrogens with one attached hydrogen (secondary N) is 2. The lowest BCUT2D eigenvalue weighted by atomic mass is 10.1. The molecule has 0 heterocycles. The molecule has 0 spiro atoms. The summed E-state index contributed by atoms with van der Waals surface area (Å²) >= 11 is 5.64. The zero-order valence-electron chi connectivity index (χ0n) is 11.6. The van der Waals surface area contributed by atoms with Gasteiger partial charge in [0.1, 0.15) is 11.6 Å². The molecule has 0 saturated carbocycles. The molecule has 23 heavy (non-hydrogen) atoms. The van der Waals surface area contributed by atoms with Gasteiger partial charge in [0.05, 0.1) is 16.8 Å². The van der Waals surface area contributed by atoms with Crippen LogP contribution in [0, 0.1) is 17.5 Å². The van der Waals surface area contributed by atoms with Crippen molar-refractivity contribution < 1.29 is 23.1 Å². The Kier molecular flexibility index (Phi) is 5.46. The first-order valence-corrected chi connectivity index (χ1v) is 6.87. The summed E-state index contributed by atoms with van der Waals surface area (Å²) < 4.78 is 39.2. The van der Waals surface area contributed by atoms with Gasteiger partial charge in [0.2, 0.25) is 0 Å². The molecule has 3 N–H and O–H groups in total. The number of hydrogen-bond acceptors (Lipinski definition) is 2. The Balaban J connectivity index is 1.94. The number of carbonyl (C=O) groups excluding carboxylic acids is 1. The molecule has 2 aromatic carbocycles. The Morgan fingerprint density at radius 2 is 1.78 bits per heavy atom. The first-order chi connectivity index (χ1) is 10.9. The predicted molar refractivity (Wildman–Crippen MR) is 79.7 cm³/mol. The maximum Gasteiger partial charge on any atom is 0.319 e. The van der Waals surface area contributed by atoms with Crippen molar-refractivity contribution in [3.05, 3.63) is 64.4 Å². The zero-order valence-corrected chi connectivity index (χ0v) is 12.4. The Hall–Kier alpha value is -2.25. The maximum atomic E-state index is 13.5. The van der Waals surface area contributed by atoms with Crippen molar-refractivity contribution in [2.24, 2.45) is 0 Å². The van der Waals surface area contributed by atoms with Gasteiger partial charge < -0.3 is 15.7 Å². The molecular weight excluding hydrogens is 333 g/mol. The molecule has 0 bridgehead atoms. The second-order valence-corrected chi connectivity index (χ2v) is 5.05. The van der Waals surface area contributed by atoms with Gasteiger partial charge in [0.15, 0.2) is 5.82 Å². The Bertz CT molecular complexity index is 687. The predicted octanol–water partition coefficient (Wildman–Crippen LogP) is 3.61. The number of aliphatic hydroxyl groups is 1. The molecule has 0 fully saturated rings. The van der Waals surface area contributed by atoms with E-state index in [1.54, 1.807) is 0 Å². The highest BCUT2D eigenvalue weighted by atomic mass is 35.5. The van der Waals surface area contributed by atoms with E-state index >= 15 is 0 Å². The van der Waals surface area contributed by atoms with E-state index in [1.807, 2.05) is 0 Å². The van der Waals surface area contributed by atoms with E-state index < -0.39 is 29.6 Å². The van der Waals surface area contributed by atoms with Crippen LogP contribution in [0.3, 0.4) is 0 Å². The van der Waals surface area contributed by atoms with Crippen LogP contribution < -0.4 is 10.6 Å². The maximum absolute atomic E-state index is 13.5. The molecule has 0 saturated heterocycles. The van der Waals surface area contributed by atoms with E-state index in [2.05, 4.69) is 10.6 Å². The second-order valence-electron chi connectivity index (χ2n) is 4.65. The Morgan fingerprint density at radius 3 is 2.39 bits per heavy atom. The monoisotopic (exact) mass is 344 g/mol. The van der Waals surface area contributed by atoms with E-state index in [0.29, 0.717) is 11.6 Å². The molecule has 2 rings (SSSR count). The standard InChI is InChI=1S/C15H12ClF3N2O2/c16-11-5-10(18)6-12(19)14(11)21-15(23)20-7-13(22)8-1-3-9(17)4-2-8/h1-6,13,22H,7H2,(H2,20,21,23).